The number of likely N-dealkylation sites (tertiary alicyclic amines) is 1. The summed E-state index contributed by atoms with van der Waals surface area (Å²) in [5, 5.41) is 7.37. The number of likely N-dealkylation sites (N-methyl/N-ethyl adjacent to an activating group) is 1. The van der Waals surface area contributed by atoms with Gasteiger partial charge in [-0.15, -0.1) is 0 Å². The molecule has 8 nitrogen and oxygen atoms in total. The van der Waals surface area contributed by atoms with Crippen molar-refractivity contribution < 1.29 is 9.59 Å². The van der Waals surface area contributed by atoms with Crippen LogP contribution in [0, 0.1) is 0 Å². The van der Waals surface area contributed by atoms with Crippen LogP contribution in [0.4, 0.5) is 5.82 Å². The average molecular weight is 489 g/mol. The van der Waals surface area contributed by atoms with E-state index in [4.69, 9.17) is 0 Å². The van der Waals surface area contributed by atoms with Gasteiger partial charge in [-0.05, 0) is 50.7 Å². The van der Waals surface area contributed by atoms with Gasteiger partial charge >= 0.3 is 0 Å². The van der Waals surface area contributed by atoms with Crippen molar-refractivity contribution in [2.75, 3.05) is 51.6 Å². The Kier molecular flexibility index (Phi) is 7.04. The Labute approximate surface area is 191 Å². The molecule has 2 aliphatic rings. The minimum absolute atomic E-state index is 0.0545. The quantitative estimate of drug-likeness (QED) is 0.674. The molecule has 9 heteroatoms. The topological polar surface area (TPSA) is 73.7 Å². The van der Waals surface area contributed by atoms with Crippen molar-refractivity contribution in [3.8, 4) is 0 Å². The van der Waals surface area contributed by atoms with Gasteiger partial charge in [0.1, 0.15) is 12.6 Å². The fourth-order valence-electron chi connectivity index (χ4n) is 4.18. The molecule has 2 fully saturated rings. The second-order valence-corrected chi connectivity index (χ2v) is 9.18. The van der Waals surface area contributed by atoms with Crippen molar-refractivity contribution in [1.29, 1.82) is 0 Å². The molecule has 0 saturated carbocycles. The molecule has 0 aliphatic carbocycles. The minimum atomic E-state index is -0.354. The van der Waals surface area contributed by atoms with Crippen LogP contribution in [0.1, 0.15) is 24.4 Å². The van der Waals surface area contributed by atoms with E-state index in [0.29, 0.717) is 5.82 Å². The number of amides is 2. The Morgan fingerprint density at radius 2 is 1.71 bits per heavy atom. The molecule has 1 unspecified atom stereocenters. The van der Waals surface area contributed by atoms with Gasteiger partial charge in [0.15, 0.2) is 5.82 Å². The molecule has 2 saturated heterocycles. The van der Waals surface area contributed by atoms with Crippen LogP contribution in [0.2, 0.25) is 0 Å². The lowest BCUT2D eigenvalue weighted by molar-refractivity contribution is -0.133. The van der Waals surface area contributed by atoms with Crippen LogP contribution in [-0.4, -0.2) is 82.6 Å². The molecule has 166 valence electrons. The van der Waals surface area contributed by atoms with E-state index in [-0.39, 0.29) is 24.4 Å². The molecule has 4 rings (SSSR count). The molecule has 2 aliphatic heterocycles. The third kappa shape index (κ3) is 5.53. The number of halogens is 1. The van der Waals surface area contributed by atoms with Crippen LogP contribution < -0.4 is 5.32 Å². The number of aromatic nitrogens is 2. The Hall–Kier alpha value is -2.23. The molecule has 31 heavy (non-hydrogen) atoms. The summed E-state index contributed by atoms with van der Waals surface area (Å²) in [5.74, 6) is 0.427. The number of carbonyl (C=O) groups excluding carboxylic acids is 2. The maximum absolute atomic E-state index is 13.2. The van der Waals surface area contributed by atoms with Crippen LogP contribution in [0.5, 0.6) is 0 Å². The van der Waals surface area contributed by atoms with Crippen LogP contribution >= 0.6 is 15.9 Å². The van der Waals surface area contributed by atoms with Gasteiger partial charge in [0.25, 0.3) is 0 Å². The van der Waals surface area contributed by atoms with Crippen LogP contribution in [-0.2, 0) is 16.1 Å². The van der Waals surface area contributed by atoms with Gasteiger partial charge < -0.3 is 15.1 Å². The van der Waals surface area contributed by atoms with Gasteiger partial charge in [0.05, 0.1) is 0 Å². The number of nitrogens with one attached hydrogen (secondary N) is 1. The standard InChI is InChI=1S/C22H29BrN6O2/c1-26-12-14-27(15-13-26)20(30)16-29-11-8-19(25-29)24-22(31)21(28-9-2-3-10-28)17-4-6-18(23)7-5-17/h4-8,11,21H,2-3,9-10,12-16H2,1H3,(H,24,25,31). The van der Waals surface area contributed by atoms with Crippen molar-refractivity contribution in [2.45, 2.75) is 25.4 Å². The summed E-state index contributed by atoms with van der Waals surface area (Å²) in [5.41, 5.74) is 0.965. The normalized spacial score (nSPS) is 18.8. The van der Waals surface area contributed by atoms with Gasteiger partial charge in [0, 0.05) is 42.9 Å². The van der Waals surface area contributed by atoms with Crippen LogP contribution in [0.3, 0.4) is 0 Å². The molecule has 0 spiro atoms. The van der Waals surface area contributed by atoms with E-state index in [0.717, 1.165) is 62.1 Å². The zero-order valence-electron chi connectivity index (χ0n) is 17.8. The third-order valence-electron chi connectivity index (χ3n) is 5.99. The van der Waals surface area contributed by atoms with E-state index < -0.39 is 0 Å². The van der Waals surface area contributed by atoms with Gasteiger partial charge in [-0.1, -0.05) is 28.1 Å². The van der Waals surface area contributed by atoms with Crippen molar-refractivity contribution in [1.82, 2.24) is 24.5 Å². The minimum Gasteiger partial charge on any atom is -0.339 e. The lowest BCUT2D eigenvalue weighted by Crippen LogP contribution is -2.48. The molecule has 0 bridgehead atoms. The number of carbonyl (C=O) groups is 2. The van der Waals surface area contributed by atoms with E-state index in [1.807, 2.05) is 29.2 Å². The molecule has 0 radical (unpaired) electrons. The first-order chi connectivity index (χ1) is 15.0. The number of rotatable bonds is 6. The Balaban J connectivity index is 1.40. The van der Waals surface area contributed by atoms with Crippen molar-refractivity contribution in [2.24, 2.45) is 0 Å². The third-order valence-corrected chi connectivity index (χ3v) is 6.51. The SMILES string of the molecule is CN1CCN(C(=O)Cn2ccc(NC(=O)C(c3ccc(Br)cc3)N3CCCC3)n2)CC1. The maximum Gasteiger partial charge on any atom is 0.247 e. The van der Waals surface area contributed by atoms with Gasteiger partial charge in [-0.25, -0.2) is 0 Å². The Bertz CT molecular complexity index is 901. The number of benzene rings is 1. The number of nitrogens with zero attached hydrogens (tertiary/aromatic N) is 5. The molecule has 3 heterocycles. The highest BCUT2D eigenvalue weighted by atomic mass is 79.9. The summed E-state index contributed by atoms with van der Waals surface area (Å²) < 4.78 is 2.58. The van der Waals surface area contributed by atoms with Crippen LogP contribution in [0.25, 0.3) is 0 Å². The molecule has 1 aromatic carbocycles. The van der Waals surface area contributed by atoms with Crippen molar-refractivity contribution in [3.63, 3.8) is 0 Å². The van der Waals surface area contributed by atoms with Crippen LogP contribution in [0.15, 0.2) is 41.0 Å². The highest BCUT2D eigenvalue weighted by Gasteiger charge is 2.30. The lowest BCUT2D eigenvalue weighted by atomic mass is 10.0. The average Bonchev–Trinajstić information content (AvgIpc) is 3.43. The van der Waals surface area contributed by atoms with E-state index in [1.165, 1.54) is 0 Å². The molecular weight excluding hydrogens is 460 g/mol. The second-order valence-electron chi connectivity index (χ2n) is 8.27. The zero-order chi connectivity index (χ0) is 21.8. The first-order valence-electron chi connectivity index (χ1n) is 10.8. The smallest absolute Gasteiger partial charge is 0.247 e. The Morgan fingerprint density at radius 3 is 2.39 bits per heavy atom. The summed E-state index contributed by atoms with van der Waals surface area (Å²) in [4.78, 5) is 32.1. The van der Waals surface area contributed by atoms with Gasteiger partial charge in [0.2, 0.25) is 11.8 Å². The fraction of sp³-hybridized carbons (Fsp3) is 0.500. The van der Waals surface area contributed by atoms with Crippen molar-refractivity contribution in [3.05, 3.63) is 46.6 Å². The number of piperazine rings is 1. The first-order valence-corrected chi connectivity index (χ1v) is 11.6. The predicted molar refractivity (Wildman–Crippen MR) is 123 cm³/mol. The fourth-order valence-corrected chi connectivity index (χ4v) is 4.44. The molecule has 2 aromatic rings. The lowest BCUT2D eigenvalue weighted by Gasteiger charge is -2.32. The van der Waals surface area contributed by atoms with Gasteiger partial charge in [-0.2, -0.15) is 5.10 Å². The maximum atomic E-state index is 13.2. The van der Waals surface area contributed by atoms with Gasteiger partial charge in [-0.3, -0.25) is 19.2 Å². The molecule has 2 amide bonds. The number of anilines is 1. The van der Waals surface area contributed by atoms with E-state index >= 15 is 0 Å². The highest BCUT2D eigenvalue weighted by molar-refractivity contribution is 9.10. The summed E-state index contributed by atoms with van der Waals surface area (Å²) >= 11 is 3.46. The molecular formula is C22H29BrN6O2. The summed E-state index contributed by atoms with van der Waals surface area (Å²) in [6.07, 6.45) is 3.95. The summed E-state index contributed by atoms with van der Waals surface area (Å²) in [6.45, 7) is 5.25. The predicted octanol–water partition coefficient (Wildman–Crippen LogP) is 2.20. The van der Waals surface area contributed by atoms with Crippen molar-refractivity contribution >= 4 is 33.6 Å². The van der Waals surface area contributed by atoms with E-state index in [2.05, 4.69) is 43.2 Å². The molecule has 1 aromatic heterocycles. The monoisotopic (exact) mass is 488 g/mol. The van der Waals surface area contributed by atoms with E-state index in [1.54, 1.807) is 16.9 Å². The highest BCUT2D eigenvalue weighted by Crippen LogP contribution is 2.27. The van der Waals surface area contributed by atoms with E-state index in [9.17, 15) is 9.59 Å². The largest absolute Gasteiger partial charge is 0.339 e. The summed E-state index contributed by atoms with van der Waals surface area (Å²) in [6, 6.07) is 9.29. The number of hydrogen-bond acceptors (Lipinski definition) is 5. The number of hydrogen-bond donors (Lipinski definition) is 1. The summed E-state index contributed by atoms with van der Waals surface area (Å²) in [7, 11) is 2.06. The molecule has 1 N–H and O–H groups in total. The first kappa shape index (κ1) is 22.0. The Morgan fingerprint density at radius 1 is 1.03 bits per heavy atom. The second kappa shape index (κ2) is 9.93. The zero-order valence-corrected chi connectivity index (χ0v) is 19.4. The molecule has 1 atom stereocenters.